The fraction of sp³-hybridized carbons (Fsp3) is 0.312. The Bertz CT molecular complexity index is 785. The summed E-state index contributed by atoms with van der Waals surface area (Å²) in [7, 11) is -3.14. The van der Waals surface area contributed by atoms with Gasteiger partial charge in [0.1, 0.15) is 0 Å². The maximum Gasteiger partial charge on any atom is 0.178 e. The number of nitrogens with zero attached hydrogens (tertiary/aromatic N) is 1. The molecule has 1 aliphatic heterocycles. The largest absolute Gasteiger partial charge is 0.377 e. The summed E-state index contributed by atoms with van der Waals surface area (Å²) in [5, 5.41) is 3.44. The van der Waals surface area contributed by atoms with Crippen molar-refractivity contribution in [3.63, 3.8) is 0 Å². The average molecular weight is 302 g/mol. The van der Waals surface area contributed by atoms with Crippen LogP contribution in [-0.2, 0) is 9.84 Å². The van der Waals surface area contributed by atoms with Crippen LogP contribution in [0, 0.1) is 13.8 Å². The molecule has 0 spiro atoms. The Morgan fingerprint density at radius 1 is 1.14 bits per heavy atom. The Hall–Kier alpha value is -1.88. The number of sulfone groups is 1. The molecule has 1 aromatic heterocycles. The van der Waals surface area contributed by atoms with Crippen molar-refractivity contribution in [1.82, 2.24) is 4.98 Å². The summed E-state index contributed by atoms with van der Waals surface area (Å²) in [5.41, 5.74) is 3.72. The SMILES string of the molecule is Cc1ccc(NC2CCS(=O)(=O)c3ccccc32)c(C)n1. The quantitative estimate of drug-likeness (QED) is 0.926. The molecule has 110 valence electrons. The van der Waals surface area contributed by atoms with E-state index < -0.39 is 9.84 Å². The van der Waals surface area contributed by atoms with Crippen LogP contribution in [0.2, 0.25) is 0 Å². The molecule has 0 aliphatic carbocycles. The molecule has 0 saturated carbocycles. The van der Waals surface area contributed by atoms with Gasteiger partial charge in [-0.1, -0.05) is 18.2 Å². The zero-order valence-electron chi connectivity index (χ0n) is 12.1. The highest BCUT2D eigenvalue weighted by Crippen LogP contribution is 2.34. The van der Waals surface area contributed by atoms with Crippen molar-refractivity contribution >= 4 is 15.5 Å². The Labute approximate surface area is 125 Å². The van der Waals surface area contributed by atoms with E-state index in [1.165, 1.54) is 0 Å². The maximum absolute atomic E-state index is 12.1. The van der Waals surface area contributed by atoms with Crippen LogP contribution in [0.15, 0.2) is 41.3 Å². The summed E-state index contributed by atoms with van der Waals surface area (Å²) in [6.07, 6.45) is 0.576. The van der Waals surface area contributed by atoms with E-state index in [9.17, 15) is 8.42 Å². The molecule has 0 saturated heterocycles. The van der Waals surface area contributed by atoms with E-state index in [2.05, 4.69) is 10.3 Å². The molecule has 1 aromatic carbocycles. The van der Waals surface area contributed by atoms with Crippen LogP contribution in [0.3, 0.4) is 0 Å². The first kappa shape index (κ1) is 14.1. The van der Waals surface area contributed by atoms with Gasteiger partial charge in [0.2, 0.25) is 0 Å². The van der Waals surface area contributed by atoms with Gasteiger partial charge in [-0.05, 0) is 44.0 Å². The van der Waals surface area contributed by atoms with Crippen molar-refractivity contribution in [3.8, 4) is 0 Å². The highest BCUT2D eigenvalue weighted by Gasteiger charge is 2.30. The van der Waals surface area contributed by atoms with Gasteiger partial charge in [-0.3, -0.25) is 4.98 Å². The van der Waals surface area contributed by atoms with E-state index in [-0.39, 0.29) is 11.8 Å². The van der Waals surface area contributed by atoms with Crippen LogP contribution in [0.25, 0.3) is 0 Å². The number of aryl methyl sites for hydroxylation is 2. The molecular weight excluding hydrogens is 284 g/mol. The van der Waals surface area contributed by atoms with E-state index >= 15 is 0 Å². The van der Waals surface area contributed by atoms with Gasteiger partial charge in [0.15, 0.2) is 9.84 Å². The van der Waals surface area contributed by atoms with Crippen LogP contribution >= 0.6 is 0 Å². The summed E-state index contributed by atoms with van der Waals surface area (Å²) >= 11 is 0. The molecule has 1 N–H and O–H groups in total. The molecule has 3 rings (SSSR count). The molecule has 0 amide bonds. The van der Waals surface area contributed by atoms with Crippen LogP contribution in [-0.4, -0.2) is 19.2 Å². The second kappa shape index (κ2) is 5.15. The van der Waals surface area contributed by atoms with Crippen molar-refractivity contribution in [2.75, 3.05) is 11.1 Å². The molecule has 21 heavy (non-hydrogen) atoms. The first-order valence-corrected chi connectivity index (χ1v) is 8.65. The normalized spacial score (nSPS) is 19.8. The van der Waals surface area contributed by atoms with E-state index in [0.717, 1.165) is 22.6 Å². The molecule has 2 aromatic rings. The lowest BCUT2D eigenvalue weighted by Gasteiger charge is -2.27. The molecule has 1 unspecified atom stereocenters. The number of anilines is 1. The van der Waals surface area contributed by atoms with Crippen LogP contribution in [0.4, 0.5) is 5.69 Å². The molecular formula is C16H18N2O2S. The number of pyridine rings is 1. The zero-order chi connectivity index (χ0) is 15.0. The number of benzene rings is 1. The third-order valence-electron chi connectivity index (χ3n) is 3.86. The summed E-state index contributed by atoms with van der Waals surface area (Å²) in [5.74, 6) is 0.181. The van der Waals surface area contributed by atoms with E-state index in [1.54, 1.807) is 12.1 Å². The number of fused-ring (bicyclic) bond motifs is 1. The molecule has 1 aliphatic rings. The van der Waals surface area contributed by atoms with Gasteiger partial charge in [-0.15, -0.1) is 0 Å². The van der Waals surface area contributed by atoms with Crippen molar-refractivity contribution in [3.05, 3.63) is 53.3 Å². The molecule has 0 radical (unpaired) electrons. The summed E-state index contributed by atoms with van der Waals surface area (Å²) in [6.45, 7) is 3.92. The van der Waals surface area contributed by atoms with Crippen molar-refractivity contribution in [1.29, 1.82) is 0 Å². The Morgan fingerprint density at radius 3 is 2.67 bits per heavy atom. The number of rotatable bonds is 2. The van der Waals surface area contributed by atoms with Crippen molar-refractivity contribution < 1.29 is 8.42 Å². The third kappa shape index (κ3) is 2.65. The van der Waals surface area contributed by atoms with E-state index in [1.807, 2.05) is 38.1 Å². The predicted octanol–water partition coefficient (Wildman–Crippen LogP) is 3.03. The number of hydrogen-bond donors (Lipinski definition) is 1. The number of hydrogen-bond acceptors (Lipinski definition) is 4. The van der Waals surface area contributed by atoms with Gasteiger partial charge >= 0.3 is 0 Å². The van der Waals surface area contributed by atoms with E-state index in [0.29, 0.717) is 11.3 Å². The van der Waals surface area contributed by atoms with E-state index in [4.69, 9.17) is 0 Å². The zero-order valence-corrected chi connectivity index (χ0v) is 12.9. The molecule has 0 bridgehead atoms. The monoisotopic (exact) mass is 302 g/mol. The van der Waals surface area contributed by atoms with Gasteiger partial charge < -0.3 is 5.32 Å². The Balaban J connectivity index is 1.97. The van der Waals surface area contributed by atoms with Crippen molar-refractivity contribution in [2.24, 2.45) is 0 Å². The lowest BCUT2D eigenvalue weighted by atomic mass is 10.0. The van der Waals surface area contributed by atoms with Gasteiger partial charge in [-0.2, -0.15) is 0 Å². The number of aromatic nitrogens is 1. The lowest BCUT2D eigenvalue weighted by Crippen LogP contribution is -2.24. The summed E-state index contributed by atoms with van der Waals surface area (Å²) in [4.78, 5) is 4.89. The smallest absolute Gasteiger partial charge is 0.178 e. The molecule has 1 atom stereocenters. The van der Waals surface area contributed by atoms with Crippen LogP contribution in [0.5, 0.6) is 0 Å². The highest BCUT2D eigenvalue weighted by atomic mass is 32.2. The van der Waals surface area contributed by atoms with Gasteiger partial charge in [0.25, 0.3) is 0 Å². The van der Waals surface area contributed by atoms with Crippen LogP contribution < -0.4 is 5.32 Å². The fourth-order valence-corrected chi connectivity index (χ4v) is 4.39. The minimum Gasteiger partial charge on any atom is -0.377 e. The standard InChI is InChI=1S/C16H18N2O2S/c1-11-7-8-14(12(2)17-11)18-15-9-10-21(19,20)16-6-4-3-5-13(15)16/h3-8,15,18H,9-10H2,1-2H3. The van der Waals surface area contributed by atoms with Gasteiger partial charge in [0, 0.05) is 5.69 Å². The second-order valence-corrected chi connectivity index (χ2v) is 7.51. The first-order valence-electron chi connectivity index (χ1n) is 7.00. The first-order chi connectivity index (χ1) is 9.97. The summed E-state index contributed by atoms with van der Waals surface area (Å²) < 4.78 is 24.3. The predicted molar refractivity (Wildman–Crippen MR) is 83.2 cm³/mol. The van der Waals surface area contributed by atoms with Gasteiger partial charge in [-0.25, -0.2) is 8.42 Å². The minimum atomic E-state index is -3.14. The molecule has 5 heteroatoms. The minimum absolute atomic E-state index is 0.00734. The Morgan fingerprint density at radius 2 is 1.90 bits per heavy atom. The summed E-state index contributed by atoms with van der Waals surface area (Å²) in [6, 6.07) is 11.2. The number of nitrogens with one attached hydrogen (secondary N) is 1. The topological polar surface area (TPSA) is 59.1 Å². The Kier molecular flexibility index (Phi) is 3.45. The van der Waals surface area contributed by atoms with Gasteiger partial charge in [0.05, 0.1) is 28.1 Å². The molecule has 2 heterocycles. The maximum atomic E-state index is 12.1. The molecule has 0 fully saturated rings. The average Bonchev–Trinajstić information content (AvgIpc) is 2.45. The van der Waals surface area contributed by atoms with Crippen molar-refractivity contribution in [2.45, 2.75) is 31.2 Å². The van der Waals surface area contributed by atoms with Crippen LogP contribution in [0.1, 0.15) is 29.4 Å². The molecule has 4 nitrogen and oxygen atoms in total. The third-order valence-corrected chi connectivity index (χ3v) is 5.67. The fourth-order valence-electron chi connectivity index (χ4n) is 2.77. The lowest BCUT2D eigenvalue weighted by molar-refractivity contribution is 0.576. The highest BCUT2D eigenvalue weighted by molar-refractivity contribution is 7.91. The second-order valence-electron chi connectivity index (χ2n) is 5.43.